The van der Waals surface area contributed by atoms with Crippen LogP contribution in [0.5, 0.6) is 0 Å². The molecular formula is C39H77NO2. The minimum Gasteiger partial charge on any atom is -0.379 e. The fraction of sp³-hybridized carbons (Fsp3) is 0.897. The molecule has 0 rings (SSSR count). The second-order valence-electron chi connectivity index (χ2n) is 12.7. The van der Waals surface area contributed by atoms with Crippen LogP contribution in [0.25, 0.3) is 0 Å². The summed E-state index contributed by atoms with van der Waals surface area (Å²) in [5.41, 5.74) is 5.91. The summed E-state index contributed by atoms with van der Waals surface area (Å²) in [6, 6.07) is 0. The molecule has 0 bridgehead atoms. The van der Waals surface area contributed by atoms with Gasteiger partial charge in [0.2, 0.25) is 0 Å². The molecule has 0 radical (unpaired) electrons. The average molecular weight is 592 g/mol. The van der Waals surface area contributed by atoms with Crippen LogP contribution in [0.2, 0.25) is 0 Å². The summed E-state index contributed by atoms with van der Waals surface area (Å²) in [7, 11) is 0. The van der Waals surface area contributed by atoms with Gasteiger partial charge in [-0.3, -0.25) is 0 Å². The van der Waals surface area contributed by atoms with Crippen molar-refractivity contribution in [3.05, 3.63) is 24.3 Å². The second kappa shape index (κ2) is 38.4. The standard InChI is InChI=1S/C39H77NO2/c1-3-5-7-9-11-13-15-17-19-21-23-25-27-29-31-33-35-41-38-39(37-40)42-36-34-32-30-28-26-24-22-20-18-16-14-12-10-8-6-4-2/h17-20,39H,3-16,21-38,40H2,1-2H3/b19-17+,20-18+. The van der Waals surface area contributed by atoms with Crippen LogP contribution in [0, 0.1) is 0 Å². The van der Waals surface area contributed by atoms with Crippen LogP contribution in [0.3, 0.4) is 0 Å². The van der Waals surface area contributed by atoms with Crippen molar-refractivity contribution < 1.29 is 9.47 Å². The summed E-state index contributed by atoms with van der Waals surface area (Å²) in [5, 5.41) is 0. The molecule has 0 heterocycles. The maximum absolute atomic E-state index is 5.98. The van der Waals surface area contributed by atoms with E-state index in [0.717, 1.165) is 26.1 Å². The molecule has 0 aromatic carbocycles. The van der Waals surface area contributed by atoms with Gasteiger partial charge in [-0.25, -0.2) is 0 Å². The van der Waals surface area contributed by atoms with Crippen molar-refractivity contribution in [2.45, 2.75) is 200 Å². The molecule has 0 saturated carbocycles. The third-order valence-corrected chi connectivity index (χ3v) is 8.38. The largest absolute Gasteiger partial charge is 0.379 e. The van der Waals surface area contributed by atoms with E-state index in [1.807, 2.05) is 0 Å². The minimum atomic E-state index is 0.0576. The van der Waals surface area contributed by atoms with Crippen molar-refractivity contribution in [1.29, 1.82) is 0 Å². The first-order chi connectivity index (χ1) is 20.8. The summed E-state index contributed by atoms with van der Waals surface area (Å²) in [6.07, 6.45) is 47.1. The Morgan fingerprint density at radius 1 is 0.429 bits per heavy atom. The first kappa shape index (κ1) is 41.4. The molecule has 0 aliphatic carbocycles. The monoisotopic (exact) mass is 592 g/mol. The summed E-state index contributed by atoms with van der Waals surface area (Å²) in [4.78, 5) is 0. The second-order valence-corrected chi connectivity index (χ2v) is 12.7. The lowest BCUT2D eigenvalue weighted by Gasteiger charge is -2.16. The molecule has 3 heteroatoms. The Bertz CT molecular complexity index is 532. The molecule has 0 amide bonds. The van der Waals surface area contributed by atoms with Gasteiger partial charge >= 0.3 is 0 Å². The molecule has 250 valence electrons. The van der Waals surface area contributed by atoms with E-state index in [1.54, 1.807) is 0 Å². The Hall–Kier alpha value is -0.640. The molecule has 0 aromatic rings. The molecule has 42 heavy (non-hydrogen) atoms. The van der Waals surface area contributed by atoms with Crippen LogP contribution in [0.4, 0.5) is 0 Å². The van der Waals surface area contributed by atoms with Gasteiger partial charge in [0.1, 0.15) is 0 Å². The van der Waals surface area contributed by atoms with Crippen LogP contribution >= 0.6 is 0 Å². The predicted molar refractivity (Wildman–Crippen MR) is 189 cm³/mol. The van der Waals surface area contributed by atoms with Crippen molar-refractivity contribution in [3.8, 4) is 0 Å². The van der Waals surface area contributed by atoms with Crippen LogP contribution in [0.1, 0.15) is 194 Å². The Morgan fingerprint density at radius 3 is 1.14 bits per heavy atom. The van der Waals surface area contributed by atoms with E-state index in [0.29, 0.717) is 13.2 Å². The van der Waals surface area contributed by atoms with E-state index < -0.39 is 0 Å². The van der Waals surface area contributed by atoms with Crippen LogP contribution in [-0.4, -0.2) is 32.5 Å². The minimum absolute atomic E-state index is 0.0576. The normalized spacial score (nSPS) is 12.7. The third kappa shape index (κ3) is 35.6. The lowest BCUT2D eigenvalue weighted by molar-refractivity contribution is -0.0136. The number of nitrogens with two attached hydrogens (primary N) is 1. The van der Waals surface area contributed by atoms with E-state index in [4.69, 9.17) is 15.2 Å². The van der Waals surface area contributed by atoms with E-state index in [-0.39, 0.29) is 6.10 Å². The van der Waals surface area contributed by atoms with Gasteiger partial charge in [-0.1, -0.05) is 154 Å². The van der Waals surface area contributed by atoms with E-state index in [9.17, 15) is 0 Å². The SMILES string of the molecule is CCCCCCCC/C=C/CCCCCCCCOCC(CN)OCCCCCCCC/C=C/CCCCCCCC. The van der Waals surface area contributed by atoms with Crippen LogP contribution in [0.15, 0.2) is 24.3 Å². The zero-order valence-corrected chi connectivity index (χ0v) is 28.9. The zero-order chi connectivity index (χ0) is 30.4. The van der Waals surface area contributed by atoms with Crippen LogP contribution in [-0.2, 0) is 9.47 Å². The van der Waals surface area contributed by atoms with Crippen molar-refractivity contribution in [2.75, 3.05) is 26.4 Å². The molecule has 0 aliphatic heterocycles. The fourth-order valence-corrected chi connectivity index (χ4v) is 5.45. The molecular weight excluding hydrogens is 514 g/mol. The molecule has 3 nitrogen and oxygen atoms in total. The van der Waals surface area contributed by atoms with Gasteiger partial charge in [0.15, 0.2) is 0 Å². The highest BCUT2D eigenvalue weighted by atomic mass is 16.5. The highest BCUT2D eigenvalue weighted by Gasteiger charge is 2.06. The van der Waals surface area contributed by atoms with Gasteiger partial charge in [0.05, 0.1) is 12.7 Å². The Balaban J connectivity index is 3.32. The summed E-state index contributed by atoms with van der Waals surface area (Å²) in [6.45, 7) is 7.44. The highest BCUT2D eigenvalue weighted by molar-refractivity contribution is 4.82. The van der Waals surface area contributed by atoms with E-state index in [2.05, 4.69) is 38.2 Å². The highest BCUT2D eigenvalue weighted by Crippen LogP contribution is 2.12. The van der Waals surface area contributed by atoms with Crippen LogP contribution < -0.4 is 5.73 Å². The van der Waals surface area contributed by atoms with Crippen molar-refractivity contribution >= 4 is 0 Å². The molecule has 0 fully saturated rings. The Kier molecular flexibility index (Phi) is 37.8. The van der Waals surface area contributed by atoms with Crippen molar-refractivity contribution in [3.63, 3.8) is 0 Å². The van der Waals surface area contributed by atoms with E-state index in [1.165, 1.54) is 167 Å². The Morgan fingerprint density at radius 2 is 0.762 bits per heavy atom. The maximum Gasteiger partial charge on any atom is 0.0930 e. The van der Waals surface area contributed by atoms with Crippen molar-refractivity contribution in [2.24, 2.45) is 5.73 Å². The number of allylic oxidation sites excluding steroid dienone is 4. The molecule has 2 N–H and O–H groups in total. The lowest BCUT2D eigenvalue weighted by atomic mass is 10.1. The molecule has 0 aliphatic rings. The number of rotatable bonds is 36. The van der Waals surface area contributed by atoms with Gasteiger partial charge in [0.25, 0.3) is 0 Å². The van der Waals surface area contributed by atoms with Gasteiger partial charge in [-0.15, -0.1) is 0 Å². The number of hydrogen-bond acceptors (Lipinski definition) is 3. The van der Waals surface area contributed by atoms with E-state index >= 15 is 0 Å². The first-order valence-electron chi connectivity index (χ1n) is 19.0. The maximum atomic E-state index is 5.98. The topological polar surface area (TPSA) is 44.5 Å². The number of ether oxygens (including phenoxy) is 2. The molecule has 1 atom stereocenters. The van der Waals surface area contributed by atoms with Gasteiger partial charge in [-0.05, 0) is 64.2 Å². The predicted octanol–water partition coefficient (Wildman–Crippen LogP) is 12.4. The zero-order valence-electron chi connectivity index (χ0n) is 28.9. The lowest BCUT2D eigenvalue weighted by Crippen LogP contribution is -2.29. The quantitative estimate of drug-likeness (QED) is 0.0582. The molecule has 0 spiro atoms. The van der Waals surface area contributed by atoms with Crippen molar-refractivity contribution in [1.82, 2.24) is 0 Å². The molecule has 0 saturated heterocycles. The number of unbranched alkanes of at least 4 members (excludes halogenated alkanes) is 24. The Labute approximate surface area is 265 Å². The van der Waals surface area contributed by atoms with Gasteiger partial charge in [0, 0.05) is 19.8 Å². The van der Waals surface area contributed by atoms with Gasteiger partial charge < -0.3 is 15.2 Å². The summed E-state index contributed by atoms with van der Waals surface area (Å²) < 4.78 is 11.8. The molecule has 1 unspecified atom stereocenters. The first-order valence-corrected chi connectivity index (χ1v) is 19.0. The smallest absolute Gasteiger partial charge is 0.0930 e. The summed E-state index contributed by atoms with van der Waals surface area (Å²) >= 11 is 0. The third-order valence-electron chi connectivity index (χ3n) is 8.38. The van der Waals surface area contributed by atoms with Gasteiger partial charge in [-0.2, -0.15) is 0 Å². The number of hydrogen-bond donors (Lipinski definition) is 1. The fourth-order valence-electron chi connectivity index (χ4n) is 5.45. The summed E-state index contributed by atoms with van der Waals surface area (Å²) in [5.74, 6) is 0. The molecule has 0 aromatic heterocycles. The average Bonchev–Trinajstić information content (AvgIpc) is 3.00.